The number of nitriles is 1. The van der Waals surface area contributed by atoms with Crippen molar-refractivity contribution in [2.24, 2.45) is 5.92 Å². The molecule has 1 unspecified atom stereocenters. The topological polar surface area (TPSA) is 73.2 Å². The van der Waals surface area contributed by atoms with E-state index in [9.17, 15) is 21.6 Å². The summed E-state index contributed by atoms with van der Waals surface area (Å²) in [6.07, 6.45) is -1.02. The molecule has 0 amide bonds. The molecule has 2 fully saturated rings. The molecule has 0 spiro atoms. The maximum absolute atomic E-state index is 12.9. The van der Waals surface area contributed by atoms with Crippen LogP contribution in [0.25, 0.3) is 0 Å². The second-order valence-electron chi connectivity index (χ2n) is 6.76. The van der Waals surface area contributed by atoms with Crippen molar-refractivity contribution < 1.29 is 21.6 Å². The quantitative estimate of drug-likeness (QED) is 0.810. The first-order valence-electron chi connectivity index (χ1n) is 8.58. The lowest BCUT2D eigenvalue weighted by molar-refractivity contribution is -0.137. The van der Waals surface area contributed by atoms with Crippen LogP contribution in [-0.2, 0) is 16.2 Å². The Bertz CT molecular complexity index is 810. The minimum atomic E-state index is -4.69. The van der Waals surface area contributed by atoms with Gasteiger partial charge in [-0.25, -0.2) is 8.42 Å². The van der Waals surface area contributed by atoms with Gasteiger partial charge in [-0.05, 0) is 56.3 Å². The van der Waals surface area contributed by atoms with Crippen LogP contribution in [0.15, 0.2) is 23.1 Å². The highest BCUT2D eigenvalue weighted by Gasteiger charge is 2.36. The van der Waals surface area contributed by atoms with Crippen molar-refractivity contribution in [1.82, 2.24) is 9.62 Å². The van der Waals surface area contributed by atoms with Crippen molar-refractivity contribution in [1.29, 1.82) is 5.26 Å². The highest BCUT2D eigenvalue weighted by Crippen LogP contribution is 2.34. The highest BCUT2D eigenvalue weighted by atomic mass is 35.5. The molecule has 2 saturated heterocycles. The van der Waals surface area contributed by atoms with Gasteiger partial charge in [0.05, 0.1) is 22.1 Å². The number of hydrogen-bond acceptors (Lipinski definition) is 4. The molecule has 0 radical (unpaired) electrons. The number of sulfonamides is 1. The number of nitrogens with zero attached hydrogens (tertiary/aromatic N) is 2. The molecule has 1 N–H and O–H groups in total. The Labute approximate surface area is 163 Å². The van der Waals surface area contributed by atoms with Gasteiger partial charge < -0.3 is 5.32 Å². The fourth-order valence-electron chi connectivity index (χ4n) is 3.80. The van der Waals surface area contributed by atoms with E-state index in [-0.39, 0.29) is 17.3 Å². The summed E-state index contributed by atoms with van der Waals surface area (Å²) in [7, 11) is -3.91. The molecule has 2 aliphatic heterocycles. The summed E-state index contributed by atoms with van der Waals surface area (Å²) in [5.74, 6) is 0.422. The van der Waals surface area contributed by atoms with Gasteiger partial charge in [-0.1, -0.05) is 0 Å². The summed E-state index contributed by atoms with van der Waals surface area (Å²) in [5.41, 5.74) is -1.80. The van der Waals surface area contributed by atoms with Gasteiger partial charge in [0.1, 0.15) is 0 Å². The molecule has 0 saturated carbocycles. The Hall–Kier alpha value is -1.34. The Balaban J connectivity index is 0.00000261. The predicted molar refractivity (Wildman–Crippen MR) is 95.9 cm³/mol. The molecule has 5 nitrogen and oxygen atoms in total. The van der Waals surface area contributed by atoms with Crippen LogP contribution in [0.1, 0.15) is 36.8 Å². The molecule has 0 bridgehead atoms. The van der Waals surface area contributed by atoms with E-state index in [1.54, 1.807) is 0 Å². The largest absolute Gasteiger partial charge is 0.417 e. The maximum atomic E-state index is 12.9. The molecule has 150 valence electrons. The van der Waals surface area contributed by atoms with Crippen LogP contribution < -0.4 is 5.32 Å². The molecular weight excluding hydrogens is 403 g/mol. The average Bonchev–Trinajstić information content (AvgIpc) is 3.15. The van der Waals surface area contributed by atoms with Gasteiger partial charge >= 0.3 is 6.18 Å². The minimum absolute atomic E-state index is 0. The van der Waals surface area contributed by atoms with Gasteiger partial charge in [0.2, 0.25) is 10.0 Å². The van der Waals surface area contributed by atoms with Crippen LogP contribution in [0.3, 0.4) is 0 Å². The monoisotopic (exact) mass is 423 g/mol. The first-order valence-corrected chi connectivity index (χ1v) is 10.0. The zero-order valence-electron chi connectivity index (χ0n) is 14.5. The van der Waals surface area contributed by atoms with Gasteiger partial charge in [0.25, 0.3) is 0 Å². The SMILES string of the molecule is Cl.N#Cc1cc(S(=O)(=O)N2CCC(C3CCCN3)CC2)ccc1C(F)(F)F. The second-order valence-corrected chi connectivity index (χ2v) is 8.70. The fraction of sp³-hybridized carbons (Fsp3) is 0.588. The molecule has 0 aliphatic carbocycles. The third kappa shape index (κ3) is 4.57. The smallest absolute Gasteiger partial charge is 0.314 e. The number of benzene rings is 1. The molecule has 10 heteroatoms. The van der Waals surface area contributed by atoms with Crippen molar-refractivity contribution in [2.75, 3.05) is 19.6 Å². The number of piperidine rings is 1. The van der Waals surface area contributed by atoms with E-state index >= 15 is 0 Å². The number of alkyl halides is 3. The fourth-order valence-corrected chi connectivity index (χ4v) is 5.30. The van der Waals surface area contributed by atoms with E-state index in [4.69, 9.17) is 5.26 Å². The Morgan fingerprint density at radius 1 is 1.19 bits per heavy atom. The summed E-state index contributed by atoms with van der Waals surface area (Å²) in [6.45, 7) is 1.67. The second kappa shape index (κ2) is 8.35. The van der Waals surface area contributed by atoms with Gasteiger partial charge in [-0.3, -0.25) is 0 Å². The Kier molecular flexibility index (Phi) is 6.79. The maximum Gasteiger partial charge on any atom is 0.417 e. The molecule has 0 aromatic heterocycles. The Morgan fingerprint density at radius 3 is 2.37 bits per heavy atom. The molecular formula is C17H21ClF3N3O2S. The van der Waals surface area contributed by atoms with E-state index < -0.39 is 27.3 Å². The zero-order chi connectivity index (χ0) is 18.9. The normalized spacial score (nSPS) is 22.2. The molecule has 1 atom stereocenters. The van der Waals surface area contributed by atoms with Crippen LogP contribution in [0.4, 0.5) is 13.2 Å². The number of halogens is 4. The van der Waals surface area contributed by atoms with E-state index in [0.717, 1.165) is 44.4 Å². The van der Waals surface area contributed by atoms with Crippen LogP contribution >= 0.6 is 12.4 Å². The molecule has 1 aromatic carbocycles. The standard InChI is InChI=1S/C17H20F3N3O2S.ClH/c18-17(19,20)15-4-3-14(10-13(15)11-21)26(24,25)23-8-5-12(6-9-23)16-2-1-7-22-16;/h3-4,10,12,16,22H,1-2,5-9H2;1H. The van der Waals surface area contributed by atoms with Crippen molar-refractivity contribution in [3.8, 4) is 6.07 Å². The predicted octanol–water partition coefficient (Wildman–Crippen LogP) is 3.15. The van der Waals surface area contributed by atoms with Crippen molar-refractivity contribution in [3.05, 3.63) is 29.3 Å². The van der Waals surface area contributed by atoms with E-state index in [1.807, 2.05) is 0 Å². The summed E-state index contributed by atoms with van der Waals surface area (Å²) in [6, 6.07) is 4.30. The van der Waals surface area contributed by atoms with Crippen LogP contribution in [-0.4, -0.2) is 38.4 Å². The number of nitrogens with one attached hydrogen (secondary N) is 1. The lowest BCUT2D eigenvalue weighted by Crippen LogP contribution is -2.43. The molecule has 2 aliphatic rings. The lowest BCUT2D eigenvalue weighted by Gasteiger charge is -2.34. The summed E-state index contributed by atoms with van der Waals surface area (Å²) in [4.78, 5) is -0.264. The highest BCUT2D eigenvalue weighted by molar-refractivity contribution is 7.89. The molecule has 1 aromatic rings. The lowest BCUT2D eigenvalue weighted by atomic mass is 9.89. The van der Waals surface area contributed by atoms with E-state index in [1.165, 1.54) is 10.4 Å². The summed E-state index contributed by atoms with van der Waals surface area (Å²) < 4.78 is 65.5. The van der Waals surface area contributed by atoms with Gasteiger partial charge in [0.15, 0.2) is 0 Å². The minimum Gasteiger partial charge on any atom is -0.314 e. The van der Waals surface area contributed by atoms with Gasteiger partial charge in [0, 0.05) is 19.1 Å². The zero-order valence-corrected chi connectivity index (χ0v) is 16.1. The third-order valence-corrected chi connectivity index (χ3v) is 7.12. The molecule has 27 heavy (non-hydrogen) atoms. The van der Waals surface area contributed by atoms with Crippen LogP contribution in [0.5, 0.6) is 0 Å². The first-order chi connectivity index (χ1) is 12.2. The van der Waals surface area contributed by atoms with E-state index in [2.05, 4.69) is 5.32 Å². The van der Waals surface area contributed by atoms with Crippen LogP contribution in [0, 0.1) is 17.2 Å². The molecule has 3 rings (SSSR count). The number of hydrogen-bond donors (Lipinski definition) is 1. The average molecular weight is 424 g/mol. The van der Waals surface area contributed by atoms with Crippen molar-refractivity contribution in [2.45, 2.75) is 42.8 Å². The first kappa shape index (κ1) is 22.0. The van der Waals surface area contributed by atoms with Crippen LogP contribution in [0.2, 0.25) is 0 Å². The molecule has 2 heterocycles. The van der Waals surface area contributed by atoms with Gasteiger partial charge in [-0.2, -0.15) is 22.7 Å². The summed E-state index contributed by atoms with van der Waals surface area (Å²) >= 11 is 0. The summed E-state index contributed by atoms with van der Waals surface area (Å²) in [5, 5.41) is 12.4. The number of rotatable bonds is 3. The third-order valence-electron chi connectivity index (χ3n) is 5.22. The van der Waals surface area contributed by atoms with Crippen molar-refractivity contribution in [3.63, 3.8) is 0 Å². The van der Waals surface area contributed by atoms with Gasteiger partial charge in [-0.15, -0.1) is 12.4 Å². The van der Waals surface area contributed by atoms with E-state index in [0.29, 0.717) is 31.1 Å². The van der Waals surface area contributed by atoms with Crippen molar-refractivity contribution >= 4 is 22.4 Å². The Morgan fingerprint density at radius 2 is 1.85 bits per heavy atom.